The number of hydrogen-bond donors (Lipinski definition) is 1. The molecule has 1 aliphatic heterocycles. The van der Waals surface area contributed by atoms with Crippen molar-refractivity contribution < 1.29 is 4.52 Å². The molecule has 0 unspecified atom stereocenters. The van der Waals surface area contributed by atoms with Gasteiger partial charge in [-0.2, -0.15) is 4.98 Å². The summed E-state index contributed by atoms with van der Waals surface area (Å²) in [5.41, 5.74) is 1.04. The van der Waals surface area contributed by atoms with Crippen molar-refractivity contribution in [2.75, 3.05) is 13.1 Å². The van der Waals surface area contributed by atoms with E-state index in [9.17, 15) is 0 Å². The molecule has 20 heavy (non-hydrogen) atoms. The third-order valence-corrected chi connectivity index (χ3v) is 4.75. The molecule has 1 aliphatic rings. The fourth-order valence-corrected chi connectivity index (χ4v) is 3.04. The Bertz CT molecular complexity index is 573. The van der Waals surface area contributed by atoms with Gasteiger partial charge in [0.15, 0.2) is 0 Å². The van der Waals surface area contributed by atoms with E-state index in [0.717, 1.165) is 48.3 Å². The molecule has 4 nitrogen and oxygen atoms in total. The van der Waals surface area contributed by atoms with Gasteiger partial charge in [-0.15, -0.1) is 0 Å². The summed E-state index contributed by atoms with van der Waals surface area (Å²) in [4.78, 5) is 4.66. The van der Waals surface area contributed by atoms with Gasteiger partial charge in [-0.3, -0.25) is 0 Å². The lowest BCUT2D eigenvalue weighted by Crippen LogP contribution is -2.39. The second-order valence-electron chi connectivity index (χ2n) is 5.31. The molecule has 0 amide bonds. The molecule has 0 saturated carbocycles. The van der Waals surface area contributed by atoms with E-state index in [-0.39, 0.29) is 5.41 Å². The average Bonchev–Trinajstić information content (AvgIpc) is 2.99. The summed E-state index contributed by atoms with van der Waals surface area (Å²) < 4.78 is 6.63. The van der Waals surface area contributed by atoms with Crippen LogP contribution in [0.15, 0.2) is 33.3 Å². The Morgan fingerprint density at radius 3 is 2.60 bits per heavy atom. The van der Waals surface area contributed by atoms with Gasteiger partial charge in [0.2, 0.25) is 11.7 Å². The molecule has 0 spiro atoms. The van der Waals surface area contributed by atoms with E-state index in [2.05, 4.69) is 38.3 Å². The summed E-state index contributed by atoms with van der Waals surface area (Å²) in [6.45, 7) is 4.24. The molecule has 2 heterocycles. The summed E-state index contributed by atoms with van der Waals surface area (Å²) in [6.07, 6.45) is 3.16. The first-order valence-electron chi connectivity index (χ1n) is 7.04. The van der Waals surface area contributed by atoms with Gasteiger partial charge >= 0.3 is 0 Å². The Morgan fingerprint density at radius 1 is 1.25 bits per heavy atom. The lowest BCUT2D eigenvalue weighted by atomic mass is 9.76. The average molecular weight is 336 g/mol. The molecule has 5 heteroatoms. The minimum absolute atomic E-state index is 0.0475. The van der Waals surface area contributed by atoms with Crippen LogP contribution in [-0.2, 0) is 5.41 Å². The maximum Gasteiger partial charge on any atom is 0.233 e. The van der Waals surface area contributed by atoms with Crippen molar-refractivity contribution >= 4 is 15.9 Å². The molecule has 0 atom stereocenters. The van der Waals surface area contributed by atoms with Gasteiger partial charge in [0, 0.05) is 10.0 Å². The summed E-state index contributed by atoms with van der Waals surface area (Å²) in [7, 11) is 0. The van der Waals surface area contributed by atoms with E-state index in [1.807, 2.05) is 24.3 Å². The summed E-state index contributed by atoms with van der Waals surface area (Å²) in [6, 6.07) is 7.98. The topological polar surface area (TPSA) is 51.0 Å². The molecule has 1 saturated heterocycles. The van der Waals surface area contributed by atoms with Crippen molar-refractivity contribution in [1.29, 1.82) is 0 Å². The number of piperidine rings is 1. The van der Waals surface area contributed by atoms with Crippen LogP contribution in [0.4, 0.5) is 0 Å². The van der Waals surface area contributed by atoms with Crippen LogP contribution in [0.25, 0.3) is 11.4 Å². The van der Waals surface area contributed by atoms with Crippen LogP contribution in [0.1, 0.15) is 32.1 Å². The number of nitrogens with zero attached hydrogens (tertiary/aromatic N) is 2. The molecular weight excluding hydrogens is 318 g/mol. The maximum atomic E-state index is 5.58. The Hall–Kier alpha value is -1.20. The van der Waals surface area contributed by atoms with Crippen LogP contribution in [0, 0.1) is 0 Å². The molecule has 1 aromatic heterocycles. The molecule has 1 N–H and O–H groups in total. The Balaban J connectivity index is 1.91. The largest absolute Gasteiger partial charge is 0.338 e. The van der Waals surface area contributed by atoms with Crippen molar-refractivity contribution in [2.45, 2.75) is 31.6 Å². The quantitative estimate of drug-likeness (QED) is 0.932. The smallest absolute Gasteiger partial charge is 0.233 e. The van der Waals surface area contributed by atoms with Gasteiger partial charge in [0.05, 0.1) is 5.41 Å². The van der Waals surface area contributed by atoms with Crippen LogP contribution >= 0.6 is 15.9 Å². The predicted molar refractivity (Wildman–Crippen MR) is 81.5 cm³/mol. The normalized spacial score (nSPS) is 18.1. The van der Waals surface area contributed by atoms with E-state index in [1.165, 1.54) is 0 Å². The molecule has 0 radical (unpaired) electrons. The number of benzene rings is 1. The zero-order chi connectivity index (χ0) is 14.0. The Labute approximate surface area is 127 Å². The van der Waals surface area contributed by atoms with E-state index >= 15 is 0 Å². The highest BCUT2D eigenvalue weighted by Crippen LogP contribution is 2.36. The first-order valence-corrected chi connectivity index (χ1v) is 7.84. The number of rotatable bonds is 3. The zero-order valence-corrected chi connectivity index (χ0v) is 13.1. The van der Waals surface area contributed by atoms with Gasteiger partial charge in [-0.1, -0.05) is 28.0 Å². The highest BCUT2D eigenvalue weighted by Gasteiger charge is 2.37. The molecule has 1 fully saturated rings. The maximum absolute atomic E-state index is 5.58. The second kappa shape index (κ2) is 5.66. The minimum atomic E-state index is 0.0475. The van der Waals surface area contributed by atoms with Crippen LogP contribution < -0.4 is 5.32 Å². The Kier molecular flexibility index (Phi) is 3.89. The second-order valence-corrected chi connectivity index (χ2v) is 6.23. The highest BCUT2D eigenvalue weighted by molar-refractivity contribution is 9.10. The molecule has 1 aromatic carbocycles. The molecule has 2 aromatic rings. The van der Waals surface area contributed by atoms with Gasteiger partial charge in [0.1, 0.15) is 0 Å². The molecule has 3 rings (SSSR count). The fourth-order valence-electron chi connectivity index (χ4n) is 2.78. The highest BCUT2D eigenvalue weighted by atomic mass is 79.9. The number of aromatic nitrogens is 2. The van der Waals surface area contributed by atoms with Crippen LogP contribution in [0.2, 0.25) is 0 Å². The van der Waals surface area contributed by atoms with E-state index in [4.69, 9.17) is 4.52 Å². The standard InChI is InChI=1S/C15H18BrN3O/c1-2-15(7-9-17-10-8-15)14-18-13(19-20-14)11-3-5-12(16)6-4-11/h3-6,17H,2,7-10H2,1H3. The molecule has 106 valence electrons. The van der Waals surface area contributed by atoms with Gasteiger partial charge in [0.25, 0.3) is 0 Å². The van der Waals surface area contributed by atoms with Crippen molar-refractivity contribution in [3.05, 3.63) is 34.6 Å². The number of nitrogens with one attached hydrogen (secondary N) is 1. The predicted octanol–water partition coefficient (Wildman–Crippen LogP) is 3.53. The van der Waals surface area contributed by atoms with Crippen molar-refractivity contribution in [3.8, 4) is 11.4 Å². The monoisotopic (exact) mass is 335 g/mol. The van der Waals surface area contributed by atoms with Crippen molar-refractivity contribution in [1.82, 2.24) is 15.5 Å². The SMILES string of the molecule is CCC1(c2nc(-c3ccc(Br)cc3)no2)CCNCC1. The lowest BCUT2D eigenvalue weighted by Gasteiger charge is -2.33. The third kappa shape index (κ3) is 2.52. The van der Waals surface area contributed by atoms with Crippen molar-refractivity contribution in [3.63, 3.8) is 0 Å². The first kappa shape index (κ1) is 13.8. The van der Waals surface area contributed by atoms with Gasteiger partial charge in [-0.25, -0.2) is 0 Å². The molecule has 0 aliphatic carbocycles. The minimum Gasteiger partial charge on any atom is -0.338 e. The summed E-state index contributed by atoms with van der Waals surface area (Å²) >= 11 is 3.43. The van der Waals surface area contributed by atoms with Crippen molar-refractivity contribution in [2.24, 2.45) is 0 Å². The van der Waals surface area contributed by atoms with Crippen LogP contribution in [0.5, 0.6) is 0 Å². The summed E-state index contributed by atoms with van der Waals surface area (Å²) in [5.74, 6) is 1.47. The van der Waals surface area contributed by atoms with Gasteiger partial charge < -0.3 is 9.84 Å². The zero-order valence-electron chi connectivity index (χ0n) is 11.5. The number of hydrogen-bond acceptors (Lipinski definition) is 4. The van der Waals surface area contributed by atoms with Crippen LogP contribution in [0.3, 0.4) is 0 Å². The van der Waals surface area contributed by atoms with E-state index < -0.39 is 0 Å². The van der Waals surface area contributed by atoms with Crippen LogP contribution in [-0.4, -0.2) is 23.2 Å². The molecule has 0 bridgehead atoms. The fraction of sp³-hybridized carbons (Fsp3) is 0.467. The van der Waals surface area contributed by atoms with E-state index in [0.29, 0.717) is 5.82 Å². The first-order chi connectivity index (χ1) is 9.73. The summed E-state index contributed by atoms with van der Waals surface area (Å²) in [5, 5.41) is 7.56. The third-order valence-electron chi connectivity index (χ3n) is 4.22. The Morgan fingerprint density at radius 2 is 1.95 bits per heavy atom. The van der Waals surface area contributed by atoms with Gasteiger partial charge in [-0.05, 0) is 56.6 Å². The molecular formula is C15H18BrN3O. The van der Waals surface area contributed by atoms with E-state index in [1.54, 1.807) is 0 Å². The lowest BCUT2D eigenvalue weighted by molar-refractivity contribution is 0.216. The number of halogens is 1.